The van der Waals surface area contributed by atoms with Gasteiger partial charge in [-0.25, -0.2) is 4.98 Å². The Balaban J connectivity index is 0.994. The van der Waals surface area contributed by atoms with Gasteiger partial charge in [-0.15, -0.1) is 0 Å². The van der Waals surface area contributed by atoms with Crippen LogP contribution in [-0.4, -0.2) is 60.8 Å². The van der Waals surface area contributed by atoms with Gasteiger partial charge < -0.3 is 19.3 Å². The van der Waals surface area contributed by atoms with Crippen LogP contribution < -0.4 is 14.4 Å². The Labute approximate surface area is 325 Å². The summed E-state index contributed by atoms with van der Waals surface area (Å²) in [6.45, 7) is 14.2. The third-order valence-electron chi connectivity index (χ3n) is 10.1. The lowest BCUT2D eigenvalue weighted by atomic mass is 10.0. The average molecular weight is 743 g/mol. The molecule has 1 aromatic heterocycles. The van der Waals surface area contributed by atoms with Gasteiger partial charge in [-0.1, -0.05) is 91.7 Å². The number of pyridine rings is 1. The number of aryl methyl sites for hydroxylation is 2. The van der Waals surface area contributed by atoms with E-state index in [-0.39, 0.29) is 0 Å². The fourth-order valence-corrected chi connectivity index (χ4v) is 6.99. The Bertz CT molecular complexity index is 1980. The molecule has 8 heteroatoms. The molecule has 0 spiro atoms. The summed E-state index contributed by atoms with van der Waals surface area (Å²) in [5.74, 6) is 2.15. The molecule has 0 amide bonds. The lowest BCUT2D eigenvalue weighted by molar-refractivity contribution is -0.104. The number of rotatable bonds is 15. The van der Waals surface area contributed by atoms with Crippen LogP contribution in [0.3, 0.4) is 0 Å². The van der Waals surface area contributed by atoms with E-state index in [2.05, 4.69) is 120 Å². The van der Waals surface area contributed by atoms with Crippen LogP contribution in [0.2, 0.25) is 5.02 Å². The first-order valence-corrected chi connectivity index (χ1v) is 19.2. The number of anilines is 1. The van der Waals surface area contributed by atoms with E-state index in [9.17, 15) is 4.79 Å². The van der Waals surface area contributed by atoms with E-state index >= 15 is 0 Å². The number of aldehydes is 1. The average Bonchev–Trinajstić information content (AvgIpc) is 3.18. The van der Waals surface area contributed by atoms with Crippen LogP contribution in [0, 0.1) is 13.8 Å². The number of piperazine rings is 1. The molecule has 2 heterocycles. The van der Waals surface area contributed by atoms with E-state index in [1.54, 1.807) is 18.3 Å². The van der Waals surface area contributed by atoms with Crippen LogP contribution in [0.5, 0.6) is 17.4 Å². The summed E-state index contributed by atoms with van der Waals surface area (Å²) < 4.78 is 12.0. The number of nitrogens with zero attached hydrogens (tertiary/aromatic N) is 4. The minimum atomic E-state index is 0.417. The molecule has 0 aliphatic carbocycles. The number of halogens is 1. The number of ether oxygens (including phenoxy) is 2. The van der Waals surface area contributed by atoms with E-state index < -0.39 is 0 Å². The number of benzene rings is 4. The molecule has 54 heavy (non-hydrogen) atoms. The largest absolute Gasteiger partial charge is 0.487 e. The van der Waals surface area contributed by atoms with Gasteiger partial charge in [-0.2, -0.15) is 0 Å². The van der Waals surface area contributed by atoms with Crippen molar-refractivity contribution in [2.75, 3.05) is 44.7 Å². The molecule has 280 valence electrons. The molecule has 0 atom stereocenters. The highest BCUT2D eigenvalue weighted by Gasteiger charge is 2.22. The van der Waals surface area contributed by atoms with Crippen molar-refractivity contribution in [3.05, 3.63) is 153 Å². The van der Waals surface area contributed by atoms with E-state index in [1.165, 1.54) is 27.9 Å². The van der Waals surface area contributed by atoms with Gasteiger partial charge in [-0.3, -0.25) is 9.69 Å². The highest BCUT2D eigenvalue weighted by atomic mass is 35.5. The van der Waals surface area contributed by atoms with Gasteiger partial charge in [0, 0.05) is 69.8 Å². The predicted molar refractivity (Wildman–Crippen MR) is 221 cm³/mol. The quantitative estimate of drug-likeness (QED) is 0.0782. The molecule has 5 aromatic rings. The molecule has 1 aliphatic heterocycles. The van der Waals surface area contributed by atoms with Crippen molar-refractivity contribution >= 4 is 29.3 Å². The highest BCUT2D eigenvalue weighted by Crippen LogP contribution is 2.36. The second kappa shape index (κ2) is 18.3. The molecule has 1 aliphatic rings. The molecule has 0 saturated carbocycles. The monoisotopic (exact) mass is 742 g/mol. The minimum Gasteiger partial charge on any atom is -0.487 e. The van der Waals surface area contributed by atoms with Crippen molar-refractivity contribution in [2.24, 2.45) is 0 Å². The number of aromatic nitrogens is 1. The third kappa shape index (κ3) is 10.3. The van der Waals surface area contributed by atoms with Crippen LogP contribution in [0.4, 0.5) is 5.69 Å². The maximum absolute atomic E-state index is 11.8. The zero-order valence-corrected chi connectivity index (χ0v) is 32.9. The molecule has 4 aromatic carbocycles. The summed E-state index contributed by atoms with van der Waals surface area (Å²) in [6, 6.07) is 33.7. The number of hydrogen-bond donors (Lipinski definition) is 0. The minimum absolute atomic E-state index is 0.417. The first-order valence-electron chi connectivity index (χ1n) is 18.8. The first kappa shape index (κ1) is 38.6. The van der Waals surface area contributed by atoms with E-state index in [0.29, 0.717) is 34.9 Å². The van der Waals surface area contributed by atoms with Crippen LogP contribution in [-0.2, 0) is 24.4 Å². The van der Waals surface area contributed by atoms with Crippen molar-refractivity contribution in [1.29, 1.82) is 0 Å². The number of likely N-dealkylation sites (N-methyl/N-ethyl adjacent to an activating group) is 1. The maximum atomic E-state index is 11.8. The standard InChI is InChI=1S/C46H51ClN4O3/c1-33(2)39-14-16-41(17-15-39)49(5)22-20-36-10-12-37(13-11-36)31-50-23-25-51(26-24-50)44(21-27-52)40-28-35(4)46(43(47)29-40)54-45-19-18-42(30-48-45)53-32-38-8-6-34(3)7-9-38/h6-19,21,27-30,33H,20,22-26,31-32H2,1-5H3/b44-21+. The Morgan fingerprint density at radius 3 is 2.19 bits per heavy atom. The molecule has 0 radical (unpaired) electrons. The van der Waals surface area contributed by atoms with E-state index in [4.69, 9.17) is 21.1 Å². The summed E-state index contributed by atoms with van der Waals surface area (Å²) >= 11 is 6.81. The Kier molecular flexibility index (Phi) is 13.1. The van der Waals surface area contributed by atoms with Gasteiger partial charge in [0.2, 0.25) is 5.88 Å². The highest BCUT2D eigenvalue weighted by molar-refractivity contribution is 6.32. The van der Waals surface area contributed by atoms with Crippen LogP contribution >= 0.6 is 11.6 Å². The molecule has 0 N–H and O–H groups in total. The van der Waals surface area contributed by atoms with Crippen molar-refractivity contribution in [2.45, 2.75) is 53.2 Å². The van der Waals surface area contributed by atoms with Gasteiger partial charge in [0.25, 0.3) is 0 Å². The Morgan fingerprint density at radius 1 is 0.870 bits per heavy atom. The molecule has 1 fully saturated rings. The number of allylic oxidation sites excluding steroid dienone is 1. The SMILES string of the molecule is Cc1ccc(COc2ccc(Oc3c(C)cc(/C(=C\C=O)N4CCN(Cc5ccc(CCN(C)c6ccc(C(C)C)cc6)cc5)CC4)cc3Cl)nc2)cc1. The molecule has 0 unspecified atom stereocenters. The Hall–Kier alpha value is -5.11. The second-order valence-electron chi connectivity index (χ2n) is 14.5. The Morgan fingerprint density at radius 2 is 1.56 bits per heavy atom. The fraction of sp³-hybridized carbons (Fsp3) is 0.304. The van der Waals surface area contributed by atoms with Gasteiger partial charge in [0.05, 0.1) is 11.2 Å². The molecule has 1 saturated heterocycles. The molecule has 6 rings (SSSR count). The van der Waals surface area contributed by atoms with Gasteiger partial charge in [0.15, 0.2) is 5.75 Å². The first-order chi connectivity index (χ1) is 26.1. The molecular weight excluding hydrogens is 692 g/mol. The third-order valence-corrected chi connectivity index (χ3v) is 10.4. The zero-order chi connectivity index (χ0) is 38.0. The van der Waals surface area contributed by atoms with Gasteiger partial charge >= 0.3 is 0 Å². The summed E-state index contributed by atoms with van der Waals surface area (Å²) in [4.78, 5) is 23.3. The molecular formula is C46H51ClN4O3. The van der Waals surface area contributed by atoms with Crippen molar-refractivity contribution in [1.82, 2.24) is 14.8 Å². The molecule has 7 nitrogen and oxygen atoms in total. The van der Waals surface area contributed by atoms with Crippen molar-refractivity contribution < 1.29 is 14.3 Å². The summed E-state index contributed by atoms with van der Waals surface area (Å²) in [7, 11) is 2.16. The fourth-order valence-electron chi connectivity index (χ4n) is 6.68. The normalized spacial score (nSPS) is 13.6. The summed E-state index contributed by atoms with van der Waals surface area (Å²) in [6.07, 6.45) is 5.13. The number of carbonyl (C=O) groups excluding carboxylic acids is 1. The lowest BCUT2D eigenvalue weighted by Gasteiger charge is -2.37. The maximum Gasteiger partial charge on any atom is 0.219 e. The van der Waals surface area contributed by atoms with Crippen molar-refractivity contribution in [3.63, 3.8) is 0 Å². The number of carbonyl (C=O) groups is 1. The topological polar surface area (TPSA) is 58.1 Å². The number of hydrogen-bond acceptors (Lipinski definition) is 7. The van der Waals surface area contributed by atoms with E-state index in [1.807, 2.05) is 25.1 Å². The second-order valence-corrected chi connectivity index (χ2v) is 14.9. The molecule has 0 bridgehead atoms. The van der Waals surface area contributed by atoms with Crippen molar-refractivity contribution in [3.8, 4) is 17.4 Å². The van der Waals surface area contributed by atoms with Crippen LogP contribution in [0.25, 0.3) is 5.70 Å². The van der Waals surface area contributed by atoms with Gasteiger partial charge in [0.1, 0.15) is 18.6 Å². The van der Waals surface area contributed by atoms with E-state index in [0.717, 1.165) is 74.4 Å². The van der Waals surface area contributed by atoms with Crippen LogP contribution in [0.1, 0.15) is 58.7 Å². The summed E-state index contributed by atoms with van der Waals surface area (Å²) in [5, 5.41) is 0.456. The zero-order valence-electron chi connectivity index (χ0n) is 32.1. The van der Waals surface area contributed by atoms with Gasteiger partial charge in [-0.05, 0) is 89.9 Å². The predicted octanol–water partition coefficient (Wildman–Crippen LogP) is 9.88. The van der Waals surface area contributed by atoms with Crippen LogP contribution in [0.15, 0.2) is 109 Å². The summed E-state index contributed by atoms with van der Waals surface area (Å²) in [5.41, 5.74) is 10.2. The lowest BCUT2D eigenvalue weighted by Crippen LogP contribution is -2.45. The smallest absolute Gasteiger partial charge is 0.219 e.